The first-order valence-electron chi connectivity index (χ1n) is 8.19. The second-order valence-corrected chi connectivity index (χ2v) is 7.87. The lowest BCUT2D eigenvalue weighted by Crippen LogP contribution is -2.40. The van der Waals surface area contributed by atoms with E-state index >= 15 is 0 Å². The van der Waals surface area contributed by atoms with Crippen LogP contribution in [-0.4, -0.2) is 40.0 Å². The van der Waals surface area contributed by atoms with Crippen molar-refractivity contribution in [2.75, 3.05) is 24.2 Å². The summed E-state index contributed by atoms with van der Waals surface area (Å²) in [4.78, 5) is 23.7. The van der Waals surface area contributed by atoms with Crippen molar-refractivity contribution in [2.24, 2.45) is 0 Å². The van der Waals surface area contributed by atoms with Crippen LogP contribution >= 0.6 is 0 Å². The van der Waals surface area contributed by atoms with Crippen LogP contribution in [0.25, 0.3) is 0 Å². The number of rotatable bonds is 8. The summed E-state index contributed by atoms with van der Waals surface area (Å²) in [6.45, 7) is 1.27. The van der Waals surface area contributed by atoms with Crippen molar-refractivity contribution in [3.05, 3.63) is 59.7 Å². The molecule has 2 aromatic rings. The number of anilines is 1. The molecule has 7 nitrogen and oxygen atoms in total. The van der Waals surface area contributed by atoms with Crippen LogP contribution in [0.2, 0.25) is 0 Å². The van der Waals surface area contributed by atoms with Crippen molar-refractivity contribution >= 4 is 27.4 Å². The van der Waals surface area contributed by atoms with Crippen molar-refractivity contribution in [2.45, 2.75) is 13.5 Å². The Morgan fingerprint density at radius 3 is 2.26 bits per heavy atom. The summed E-state index contributed by atoms with van der Waals surface area (Å²) in [5, 5.41) is 2.70. The Kier molecular flexibility index (Phi) is 6.57. The van der Waals surface area contributed by atoms with E-state index in [0.29, 0.717) is 17.0 Å². The minimum absolute atomic E-state index is 0.123. The number of hydrogen-bond acceptors (Lipinski definition) is 5. The molecule has 27 heavy (non-hydrogen) atoms. The zero-order chi connectivity index (χ0) is 20.0. The van der Waals surface area contributed by atoms with Gasteiger partial charge in [-0.25, -0.2) is 8.42 Å². The lowest BCUT2D eigenvalue weighted by atomic mass is 10.1. The molecule has 0 saturated carbocycles. The minimum Gasteiger partial charge on any atom is -0.496 e. The van der Waals surface area contributed by atoms with Crippen LogP contribution in [0.15, 0.2) is 48.5 Å². The molecule has 0 radical (unpaired) electrons. The van der Waals surface area contributed by atoms with E-state index in [1.54, 1.807) is 6.07 Å². The highest BCUT2D eigenvalue weighted by Crippen LogP contribution is 2.19. The number of sulfonamides is 1. The summed E-state index contributed by atoms with van der Waals surface area (Å²) in [5.74, 6) is 0.0570. The molecule has 2 aromatic carbocycles. The molecule has 0 aromatic heterocycles. The maximum absolute atomic E-state index is 12.3. The number of ether oxygens (including phenoxy) is 1. The van der Waals surface area contributed by atoms with Crippen LogP contribution in [0.4, 0.5) is 5.69 Å². The van der Waals surface area contributed by atoms with E-state index in [4.69, 9.17) is 4.74 Å². The van der Waals surface area contributed by atoms with Gasteiger partial charge in [0, 0.05) is 17.7 Å². The van der Waals surface area contributed by atoms with Gasteiger partial charge in [-0.2, -0.15) is 0 Å². The predicted molar refractivity (Wildman–Crippen MR) is 103 cm³/mol. The molecule has 8 heteroatoms. The summed E-state index contributed by atoms with van der Waals surface area (Å²) in [6, 6.07) is 13.3. The molecule has 0 saturated heterocycles. The molecule has 0 bridgehead atoms. The number of ketones is 1. The molecule has 1 N–H and O–H groups in total. The number of nitrogens with zero attached hydrogens (tertiary/aromatic N) is 1. The van der Waals surface area contributed by atoms with E-state index in [1.165, 1.54) is 38.3 Å². The number of nitrogens with one attached hydrogen (secondary N) is 1. The highest BCUT2D eigenvalue weighted by molar-refractivity contribution is 7.92. The van der Waals surface area contributed by atoms with E-state index in [9.17, 15) is 18.0 Å². The first kappa shape index (κ1) is 20.4. The zero-order valence-corrected chi connectivity index (χ0v) is 16.2. The van der Waals surface area contributed by atoms with E-state index in [1.807, 2.05) is 18.2 Å². The number of carbonyl (C=O) groups is 2. The highest BCUT2D eigenvalue weighted by atomic mass is 32.2. The van der Waals surface area contributed by atoms with Gasteiger partial charge in [-0.05, 0) is 37.3 Å². The molecule has 0 unspecified atom stereocenters. The Bertz CT molecular complexity index is 923. The van der Waals surface area contributed by atoms with Gasteiger partial charge >= 0.3 is 0 Å². The molecule has 144 valence electrons. The van der Waals surface area contributed by atoms with Crippen molar-refractivity contribution < 1.29 is 22.7 Å². The van der Waals surface area contributed by atoms with Crippen molar-refractivity contribution in [3.63, 3.8) is 0 Å². The quantitative estimate of drug-likeness (QED) is 0.696. The van der Waals surface area contributed by atoms with Gasteiger partial charge in [0.25, 0.3) is 0 Å². The first-order valence-corrected chi connectivity index (χ1v) is 10.0. The molecule has 2 rings (SSSR count). The molecule has 0 spiro atoms. The molecule has 0 fully saturated rings. The average molecular weight is 390 g/mol. The first-order chi connectivity index (χ1) is 12.7. The normalized spacial score (nSPS) is 10.9. The van der Waals surface area contributed by atoms with E-state index in [0.717, 1.165) is 16.1 Å². The van der Waals surface area contributed by atoms with Crippen LogP contribution in [0, 0.1) is 0 Å². The number of amides is 1. The third-order valence-corrected chi connectivity index (χ3v) is 5.06. The highest BCUT2D eigenvalue weighted by Gasteiger charge is 2.21. The van der Waals surface area contributed by atoms with Crippen molar-refractivity contribution in [1.29, 1.82) is 0 Å². The van der Waals surface area contributed by atoms with Crippen molar-refractivity contribution in [1.82, 2.24) is 5.32 Å². The fraction of sp³-hybridized carbons (Fsp3) is 0.263. The lowest BCUT2D eigenvalue weighted by molar-refractivity contribution is -0.119. The third kappa shape index (κ3) is 5.55. The predicted octanol–water partition coefficient (Wildman–Crippen LogP) is 1.98. The van der Waals surface area contributed by atoms with Crippen LogP contribution in [0.1, 0.15) is 22.8 Å². The summed E-state index contributed by atoms with van der Waals surface area (Å²) < 4.78 is 30.5. The summed E-state index contributed by atoms with van der Waals surface area (Å²) in [5.41, 5.74) is 1.56. The third-order valence-electron chi connectivity index (χ3n) is 3.92. The van der Waals surface area contributed by atoms with Gasteiger partial charge in [0.1, 0.15) is 12.3 Å². The Morgan fingerprint density at radius 2 is 1.70 bits per heavy atom. The van der Waals surface area contributed by atoms with Crippen LogP contribution < -0.4 is 14.4 Å². The van der Waals surface area contributed by atoms with Crippen LogP contribution in [0.3, 0.4) is 0 Å². The van der Waals surface area contributed by atoms with Gasteiger partial charge in [-0.1, -0.05) is 18.2 Å². The second-order valence-electron chi connectivity index (χ2n) is 5.96. The minimum atomic E-state index is -3.68. The smallest absolute Gasteiger partial charge is 0.241 e. The molecule has 0 heterocycles. The molecule has 1 amide bonds. The van der Waals surface area contributed by atoms with Gasteiger partial charge in [0.2, 0.25) is 15.9 Å². The number of benzene rings is 2. The monoisotopic (exact) mass is 390 g/mol. The lowest BCUT2D eigenvalue weighted by Gasteiger charge is -2.22. The van der Waals surface area contributed by atoms with Gasteiger partial charge in [0.05, 0.1) is 19.1 Å². The zero-order valence-electron chi connectivity index (χ0n) is 15.4. The van der Waals surface area contributed by atoms with E-state index < -0.39 is 15.9 Å². The maximum atomic E-state index is 12.3. The molecule has 0 aliphatic rings. The van der Waals surface area contributed by atoms with Gasteiger partial charge in [-0.3, -0.25) is 13.9 Å². The fourth-order valence-corrected chi connectivity index (χ4v) is 3.35. The fourth-order valence-electron chi connectivity index (χ4n) is 2.49. The second kappa shape index (κ2) is 8.68. The van der Waals surface area contributed by atoms with Crippen LogP contribution in [0.5, 0.6) is 5.75 Å². The summed E-state index contributed by atoms with van der Waals surface area (Å²) >= 11 is 0. The van der Waals surface area contributed by atoms with E-state index in [-0.39, 0.29) is 18.9 Å². The average Bonchev–Trinajstić information content (AvgIpc) is 2.63. The number of para-hydroxylation sites is 1. The van der Waals surface area contributed by atoms with E-state index in [2.05, 4.69) is 5.32 Å². The number of methoxy groups -OCH3 is 1. The maximum Gasteiger partial charge on any atom is 0.241 e. The summed E-state index contributed by atoms with van der Waals surface area (Å²) in [7, 11) is -2.14. The molecule has 0 aliphatic heterocycles. The van der Waals surface area contributed by atoms with Gasteiger partial charge < -0.3 is 10.1 Å². The SMILES string of the molecule is COc1ccccc1CNC(=O)CN(c1ccc(C(C)=O)cc1)S(C)(=O)=O. The number of Topliss-reactive ketones (excluding diaryl/α,β-unsaturated/α-hetero) is 1. The standard InChI is InChI=1S/C19H22N2O5S/c1-14(22)15-8-10-17(11-9-15)21(27(3,24)25)13-19(23)20-12-16-6-4-5-7-18(16)26-2/h4-11H,12-13H2,1-3H3,(H,20,23). The number of hydrogen-bond donors (Lipinski definition) is 1. The topological polar surface area (TPSA) is 92.8 Å². The Hall–Kier alpha value is -2.87. The Balaban J connectivity index is 2.12. The molecule has 0 atom stereocenters. The molecular weight excluding hydrogens is 368 g/mol. The molecular formula is C19H22N2O5S. The van der Waals surface area contributed by atoms with Gasteiger partial charge in [-0.15, -0.1) is 0 Å². The largest absolute Gasteiger partial charge is 0.496 e. The Morgan fingerprint density at radius 1 is 1.07 bits per heavy atom. The van der Waals surface area contributed by atoms with Gasteiger partial charge in [0.15, 0.2) is 5.78 Å². The summed E-state index contributed by atoms with van der Waals surface area (Å²) in [6.07, 6.45) is 1.03. The van der Waals surface area contributed by atoms with Crippen LogP contribution in [-0.2, 0) is 21.4 Å². The number of carbonyl (C=O) groups excluding carboxylic acids is 2. The van der Waals surface area contributed by atoms with Crippen molar-refractivity contribution in [3.8, 4) is 5.75 Å². The Labute approximate surface area is 159 Å². The molecule has 0 aliphatic carbocycles.